The molecule has 1 atom stereocenters. The van der Waals surface area contributed by atoms with Crippen LogP contribution in [0.5, 0.6) is 11.6 Å². The molecule has 0 radical (unpaired) electrons. The second-order valence-corrected chi connectivity index (χ2v) is 7.17. The number of amides is 1. The maximum absolute atomic E-state index is 14.4. The first-order valence-electron chi connectivity index (χ1n) is 9.60. The number of benzene rings is 1. The van der Waals surface area contributed by atoms with E-state index in [0.717, 1.165) is 6.07 Å². The number of hydrogen-bond donors (Lipinski definition) is 4. The molecule has 1 unspecified atom stereocenters. The van der Waals surface area contributed by atoms with Crippen LogP contribution in [-0.4, -0.2) is 52.3 Å². The van der Waals surface area contributed by atoms with Crippen LogP contribution in [0.25, 0.3) is 0 Å². The summed E-state index contributed by atoms with van der Waals surface area (Å²) in [5.74, 6) is -1.43. The molecule has 0 bridgehead atoms. The van der Waals surface area contributed by atoms with Crippen molar-refractivity contribution in [1.82, 2.24) is 4.98 Å². The van der Waals surface area contributed by atoms with Gasteiger partial charge in [-0.15, -0.1) is 0 Å². The molecule has 1 amide bonds. The summed E-state index contributed by atoms with van der Waals surface area (Å²) >= 11 is 0. The first kappa shape index (κ1) is 27.0. The Balaban J connectivity index is 0.00000512. The Kier molecular flexibility index (Phi) is 10.2. The van der Waals surface area contributed by atoms with Crippen molar-refractivity contribution < 1.29 is 28.9 Å². The van der Waals surface area contributed by atoms with Crippen molar-refractivity contribution in [3.8, 4) is 11.6 Å². The number of carbonyl (C=O) groups is 1. The number of halogens is 1. The first-order chi connectivity index (χ1) is 14.7. The number of aliphatic hydroxyl groups is 2. The van der Waals surface area contributed by atoms with Gasteiger partial charge in [-0.1, -0.05) is 7.43 Å². The Bertz CT molecular complexity index is 966. The Hall–Kier alpha value is -3.08. The van der Waals surface area contributed by atoms with Crippen LogP contribution < -0.4 is 20.9 Å². The van der Waals surface area contributed by atoms with Crippen LogP contribution in [0.15, 0.2) is 29.4 Å². The lowest BCUT2D eigenvalue weighted by Crippen LogP contribution is -2.31. The molecule has 0 aliphatic carbocycles. The fraction of sp³-hybridized carbons (Fsp3) is 0.409. The predicted molar refractivity (Wildman–Crippen MR) is 119 cm³/mol. The molecule has 10 heteroatoms. The predicted octanol–water partition coefficient (Wildman–Crippen LogP) is 1.69. The Morgan fingerprint density at radius 2 is 1.97 bits per heavy atom. The molecule has 2 rings (SSSR count). The highest BCUT2D eigenvalue weighted by Gasteiger charge is 2.16. The van der Waals surface area contributed by atoms with Crippen LogP contribution in [0.3, 0.4) is 0 Å². The molecule has 1 aromatic heterocycles. The van der Waals surface area contributed by atoms with E-state index in [2.05, 4.69) is 9.98 Å². The van der Waals surface area contributed by atoms with Gasteiger partial charge in [0, 0.05) is 17.3 Å². The van der Waals surface area contributed by atoms with Crippen molar-refractivity contribution in [1.29, 1.82) is 0 Å². The van der Waals surface area contributed by atoms with Gasteiger partial charge in [-0.3, -0.25) is 4.79 Å². The maximum atomic E-state index is 14.4. The minimum atomic E-state index is -0.712. The van der Waals surface area contributed by atoms with Crippen molar-refractivity contribution in [2.24, 2.45) is 16.5 Å². The summed E-state index contributed by atoms with van der Waals surface area (Å²) in [6, 6.07) is 3.29. The number of aliphatic imine (C=N–C) groups is 1. The van der Waals surface area contributed by atoms with Gasteiger partial charge < -0.3 is 31.2 Å². The minimum Gasteiger partial charge on any atom is -0.489 e. The van der Waals surface area contributed by atoms with Gasteiger partial charge >= 0.3 is 0 Å². The zero-order valence-corrected chi connectivity index (χ0v) is 17.6. The number of aryl methyl sites for hydroxylation is 1. The van der Waals surface area contributed by atoms with Gasteiger partial charge in [0.2, 0.25) is 5.88 Å². The molecule has 0 fully saturated rings. The molecule has 0 aliphatic rings. The lowest BCUT2D eigenvalue weighted by Gasteiger charge is -2.14. The lowest BCUT2D eigenvalue weighted by atomic mass is 10.1. The van der Waals surface area contributed by atoms with Gasteiger partial charge in [-0.25, -0.2) is 9.37 Å². The van der Waals surface area contributed by atoms with Gasteiger partial charge in [0.05, 0.1) is 30.9 Å². The average molecular weight is 451 g/mol. The quantitative estimate of drug-likeness (QED) is 0.332. The number of nitrogens with zero attached hydrogens (tertiary/aromatic N) is 2. The average Bonchev–Trinajstić information content (AvgIpc) is 2.73. The van der Waals surface area contributed by atoms with Gasteiger partial charge in [-0.05, 0) is 44.5 Å². The summed E-state index contributed by atoms with van der Waals surface area (Å²) in [6.45, 7) is 4.55. The van der Waals surface area contributed by atoms with Crippen LogP contribution in [-0.2, 0) is 6.61 Å². The van der Waals surface area contributed by atoms with E-state index in [1.807, 2.05) is 13.8 Å². The van der Waals surface area contributed by atoms with Gasteiger partial charge in [0.1, 0.15) is 12.4 Å². The van der Waals surface area contributed by atoms with Crippen LogP contribution in [0.1, 0.15) is 48.3 Å². The third-order valence-corrected chi connectivity index (χ3v) is 4.15. The highest BCUT2D eigenvalue weighted by molar-refractivity contribution is 6.09. The lowest BCUT2D eigenvalue weighted by molar-refractivity contribution is 0.100. The topological polar surface area (TPSA) is 153 Å². The first-order valence-corrected chi connectivity index (χ1v) is 9.60. The summed E-state index contributed by atoms with van der Waals surface area (Å²) in [7, 11) is 0. The van der Waals surface area contributed by atoms with Gasteiger partial charge in [0.15, 0.2) is 11.6 Å². The molecule has 0 aliphatic heterocycles. The number of carbonyl (C=O) groups excluding carboxylic acids is 1. The summed E-state index contributed by atoms with van der Waals surface area (Å²) in [6.07, 6.45) is 1.11. The smallest absolute Gasteiger partial charge is 0.280 e. The molecule has 0 saturated heterocycles. The largest absolute Gasteiger partial charge is 0.489 e. The number of aromatic nitrogens is 1. The molecule has 1 heterocycles. The third-order valence-electron chi connectivity index (χ3n) is 4.15. The SMILES string of the molecule is C.Cc1cc(OCC(N)CO)c(F)cc1C(N)=NC(=O)c1cnc(OC(C)C)c(CO)c1. The van der Waals surface area contributed by atoms with Crippen LogP contribution >= 0.6 is 0 Å². The molecule has 0 saturated carbocycles. The maximum Gasteiger partial charge on any atom is 0.280 e. The second-order valence-electron chi connectivity index (χ2n) is 7.17. The summed E-state index contributed by atoms with van der Waals surface area (Å²) < 4.78 is 25.1. The molecule has 9 nitrogen and oxygen atoms in total. The standard InChI is InChI=1S/C21H27FN4O5.CH4/c1-11(2)31-21-14(8-27)5-13(7-25-21)20(29)26-19(24)16-6-17(22)18(4-12(16)3)30-10-15(23)9-28;/h4-7,11,15,27-28H,8-10,23H2,1-3H3,(H2,24,26,29);1H4. The molecular formula is C22H31FN4O5. The summed E-state index contributed by atoms with van der Waals surface area (Å²) in [4.78, 5) is 20.4. The number of hydrogen-bond acceptors (Lipinski definition) is 7. The van der Waals surface area contributed by atoms with Crippen LogP contribution in [0.2, 0.25) is 0 Å². The fourth-order valence-corrected chi connectivity index (χ4v) is 2.58. The molecule has 176 valence electrons. The fourth-order valence-electron chi connectivity index (χ4n) is 2.58. The molecule has 2 aromatic rings. The summed E-state index contributed by atoms with van der Waals surface area (Å²) in [5.41, 5.74) is 12.7. The van der Waals surface area contributed by atoms with E-state index in [-0.39, 0.29) is 61.9 Å². The van der Waals surface area contributed by atoms with E-state index >= 15 is 0 Å². The number of nitrogens with two attached hydrogens (primary N) is 2. The van der Waals surface area contributed by atoms with Crippen molar-refractivity contribution in [2.45, 2.75) is 47.0 Å². The van der Waals surface area contributed by atoms with E-state index < -0.39 is 17.8 Å². The highest BCUT2D eigenvalue weighted by Crippen LogP contribution is 2.23. The van der Waals surface area contributed by atoms with Crippen molar-refractivity contribution >= 4 is 11.7 Å². The van der Waals surface area contributed by atoms with Gasteiger partial charge in [0.25, 0.3) is 5.91 Å². The monoisotopic (exact) mass is 450 g/mol. The number of amidine groups is 1. The Morgan fingerprint density at radius 1 is 1.28 bits per heavy atom. The van der Waals surface area contributed by atoms with E-state index in [1.165, 1.54) is 18.3 Å². The highest BCUT2D eigenvalue weighted by atomic mass is 19.1. The van der Waals surface area contributed by atoms with Crippen molar-refractivity contribution in [2.75, 3.05) is 13.2 Å². The molecular weight excluding hydrogens is 419 g/mol. The zero-order valence-electron chi connectivity index (χ0n) is 17.6. The molecule has 0 spiro atoms. The Labute approximate surface area is 186 Å². The number of pyridine rings is 1. The number of rotatable bonds is 9. The molecule has 32 heavy (non-hydrogen) atoms. The Morgan fingerprint density at radius 3 is 2.56 bits per heavy atom. The normalized spacial score (nSPS) is 12.3. The number of aliphatic hydroxyl groups excluding tert-OH is 2. The van der Waals surface area contributed by atoms with Crippen LogP contribution in [0, 0.1) is 12.7 Å². The van der Waals surface area contributed by atoms with E-state index in [1.54, 1.807) is 6.92 Å². The van der Waals surface area contributed by atoms with E-state index in [9.17, 15) is 14.3 Å². The van der Waals surface area contributed by atoms with E-state index in [4.69, 9.17) is 26.0 Å². The van der Waals surface area contributed by atoms with Crippen molar-refractivity contribution in [3.63, 3.8) is 0 Å². The third kappa shape index (κ3) is 6.98. The van der Waals surface area contributed by atoms with E-state index in [0.29, 0.717) is 11.1 Å². The minimum absolute atomic E-state index is 0. The molecule has 1 aromatic carbocycles. The second kappa shape index (κ2) is 12.1. The van der Waals surface area contributed by atoms with Gasteiger partial charge in [-0.2, -0.15) is 4.99 Å². The van der Waals surface area contributed by atoms with Crippen LogP contribution in [0.4, 0.5) is 4.39 Å². The van der Waals surface area contributed by atoms with Crippen molar-refractivity contribution in [3.05, 3.63) is 52.5 Å². The number of ether oxygens (including phenoxy) is 2. The molecule has 6 N–H and O–H groups in total. The zero-order chi connectivity index (χ0) is 23.1. The summed E-state index contributed by atoms with van der Waals surface area (Å²) in [5, 5.41) is 18.4.